The first-order valence-electron chi connectivity index (χ1n) is 6.68. The van der Waals surface area contributed by atoms with Crippen LogP contribution in [-0.2, 0) is 0 Å². The topological polar surface area (TPSA) is 58.9 Å². The van der Waals surface area contributed by atoms with Crippen molar-refractivity contribution in [3.05, 3.63) is 47.8 Å². The van der Waals surface area contributed by atoms with Crippen LogP contribution >= 0.6 is 12.4 Å². The number of rotatable bonds is 5. The van der Waals surface area contributed by atoms with Crippen molar-refractivity contribution in [1.29, 1.82) is 0 Å². The number of carbonyl (C=O) groups excluding carboxylic acids is 1. The van der Waals surface area contributed by atoms with Crippen LogP contribution in [0.2, 0.25) is 0 Å². The van der Waals surface area contributed by atoms with E-state index < -0.39 is 0 Å². The summed E-state index contributed by atoms with van der Waals surface area (Å²) in [5.74, 6) is -0.0594. The van der Waals surface area contributed by atoms with Crippen LogP contribution in [0.25, 0.3) is 5.69 Å². The molecule has 114 valence electrons. The molecule has 0 saturated carbocycles. The van der Waals surface area contributed by atoms with Crippen molar-refractivity contribution in [2.75, 3.05) is 13.6 Å². The highest BCUT2D eigenvalue weighted by Gasteiger charge is 2.07. The molecular formula is C15H21ClN4O. The predicted molar refractivity (Wildman–Crippen MR) is 86.4 cm³/mol. The molecule has 1 aromatic carbocycles. The van der Waals surface area contributed by atoms with Crippen LogP contribution < -0.4 is 10.6 Å². The molecular weight excluding hydrogens is 288 g/mol. The van der Waals surface area contributed by atoms with Crippen LogP contribution in [0.3, 0.4) is 0 Å². The predicted octanol–water partition coefficient (Wildman–Crippen LogP) is 1.94. The number of carbonyl (C=O) groups is 1. The maximum absolute atomic E-state index is 12.0. The molecule has 1 heterocycles. The third-order valence-electron chi connectivity index (χ3n) is 3.27. The number of aromatic nitrogens is 2. The van der Waals surface area contributed by atoms with Crippen LogP contribution in [0.1, 0.15) is 23.0 Å². The minimum atomic E-state index is -0.0594. The summed E-state index contributed by atoms with van der Waals surface area (Å²) in [5, 5.41) is 10.2. The molecule has 0 fully saturated rings. The Kier molecular flexibility index (Phi) is 6.39. The van der Waals surface area contributed by atoms with Gasteiger partial charge in [-0.15, -0.1) is 12.4 Å². The molecule has 2 aromatic rings. The fraction of sp³-hybridized carbons (Fsp3) is 0.333. The summed E-state index contributed by atoms with van der Waals surface area (Å²) < 4.78 is 1.84. The lowest BCUT2D eigenvalue weighted by atomic mass is 10.2. The third kappa shape index (κ3) is 4.31. The van der Waals surface area contributed by atoms with Crippen molar-refractivity contribution in [2.45, 2.75) is 19.9 Å². The summed E-state index contributed by atoms with van der Waals surface area (Å²) in [6.07, 6.45) is 1.76. The molecule has 0 spiro atoms. The second-order valence-electron chi connectivity index (χ2n) is 4.83. The van der Waals surface area contributed by atoms with Gasteiger partial charge in [0.05, 0.1) is 5.69 Å². The second kappa shape index (κ2) is 7.81. The van der Waals surface area contributed by atoms with Crippen molar-refractivity contribution in [3.63, 3.8) is 0 Å². The fourth-order valence-electron chi connectivity index (χ4n) is 1.84. The number of amides is 1. The Morgan fingerprint density at radius 2 is 1.95 bits per heavy atom. The van der Waals surface area contributed by atoms with Crippen LogP contribution in [-0.4, -0.2) is 35.3 Å². The van der Waals surface area contributed by atoms with Gasteiger partial charge >= 0.3 is 0 Å². The second-order valence-corrected chi connectivity index (χ2v) is 4.83. The number of nitrogens with zero attached hydrogens (tertiary/aromatic N) is 2. The van der Waals surface area contributed by atoms with Crippen LogP contribution in [0, 0.1) is 6.92 Å². The zero-order chi connectivity index (χ0) is 14.5. The summed E-state index contributed by atoms with van der Waals surface area (Å²) in [7, 11) is 1.87. The van der Waals surface area contributed by atoms with E-state index in [-0.39, 0.29) is 24.4 Å². The largest absolute Gasteiger partial charge is 0.350 e. The van der Waals surface area contributed by atoms with Gasteiger partial charge in [-0.05, 0) is 51.2 Å². The fourth-order valence-corrected chi connectivity index (χ4v) is 1.84. The summed E-state index contributed by atoms with van der Waals surface area (Å²) in [5.41, 5.74) is 2.67. The summed E-state index contributed by atoms with van der Waals surface area (Å²) in [4.78, 5) is 12.0. The number of benzene rings is 1. The average Bonchev–Trinajstić information content (AvgIpc) is 2.90. The summed E-state index contributed by atoms with van der Waals surface area (Å²) in [6.45, 7) is 4.62. The molecule has 1 unspecified atom stereocenters. The lowest BCUT2D eigenvalue weighted by Gasteiger charge is -2.11. The van der Waals surface area contributed by atoms with Gasteiger partial charge in [-0.3, -0.25) is 4.79 Å². The first kappa shape index (κ1) is 17.2. The Morgan fingerprint density at radius 1 is 1.29 bits per heavy atom. The molecule has 0 radical (unpaired) electrons. The number of hydrogen-bond donors (Lipinski definition) is 2. The molecule has 6 heteroatoms. The molecule has 5 nitrogen and oxygen atoms in total. The van der Waals surface area contributed by atoms with Crippen molar-refractivity contribution >= 4 is 18.3 Å². The lowest BCUT2D eigenvalue weighted by Crippen LogP contribution is -2.37. The molecule has 1 aromatic heterocycles. The highest BCUT2D eigenvalue weighted by Crippen LogP contribution is 2.11. The van der Waals surface area contributed by atoms with Gasteiger partial charge in [0.1, 0.15) is 0 Å². The number of likely N-dealkylation sites (N-methyl/N-ethyl adjacent to an activating group) is 1. The molecule has 1 atom stereocenters. The first-order valence-corrected chi connectivity index (χ1v) is 6.68. The van der Waals surface area contributed by atoms with Crippen LogP contribution in [0.15, 0.2) is 36.5 Å². The number of aryl methyl sites for hydroxylation is 1. The van der Waals surface area contributed by atoms with E-state index in [1.54, 1.807) is 6.20 Å². The first-order chi connectivity index (χ1) is 9.61. The van der Waals surface area contributed by atoms with E-state index in [9.17, 15) is 4.79 Å². The van der Waals surface area contributed by atoms with Crippen molar-refractivity contribution in [2.24, 2.45) is 0 Å². The Morgan fingerprint density at radius 3 is 2.48 bits per heavy atom. The smallest absolute Gasteiger partial charge is 0.251 e. The van der Waals surface area contributed by atoms with Crippen LogP contribution in [0.5, 0.6) is 0 Å². The van der Waals surface area contributed by atoms with Gasteiger partial charge in [-0.25, -0.2) is 4.68 Å². The van der Waals surface area contributed by atoms with E-state index >= 15 is 0 Å². The number of halogens is 1. The molecule has 0 bridgehead atoms. The molecule has 0 aliphatic rings. The van der Waals surface area contributed by atoms with E-state index in [2.05, 4.69) is 15.7 Å². The maximum atomic E-state index is 12.0. The monoisotopic (exact) mass is 308 g/mol. The Bertz CT molecular complexity index is 580. The van der Waals surface area contributed by atoms with Gasteiger partial charge in [0, 0.05) is 30.0 Å². The molecule has 1 amide bonds. The van der Waals surface area contributed by atoms with E-state index in [4.69, 9.17) is 0 Å². The lowest BCUT2D eigenvalue weighted by molar-refractivity contribution is 0.0950. The highest BCUT2D eigenvalue weighted by molar-refractivity contribution is 5.94. The summed E-state index contributed by atoms with van der Waals surface area (Å²) in [6, 6.07) is 9.63. The Balaban J connectivity index is 0.00000220. The van der Waals surface area contributed by atoms with Gasteiger partial charge in [0.15, 0.2) is 0 Å². The standard InChI is InChI=1S/C15H20N4O.ClH/c1-11(16-3)10-17-15(20)13-4-6-14(7-5-13)19-12(2)8-9-18-19;/h4-9,11,16H,10H2,1-3H3,(H,17,20);1H. The zero-order valence-corrected chi connectivity index (χ0v) is 13.3. The third-order valence-corrected chi connectivity index (χ3v) is 3.27. The minimum absolute atomic E-state index is 0. The van der Waals surface area contributed by atoms with Gasteiger partial charge in [-0.2, -0.15) is 5.10 Å². The molecule has 0 saturated heterocycles. The van der Waals surface area contributed by atoms with E-state index in [0.717, 1.165) is 11.4 Å². The van der Waals surface area contributed by atoms with Crippen molar-refractivity contribution < 1.29 is 4.79 Å². The van der Waals surface area contributed by atoms with Gasteiger partial charge in [0.2, 0.25) is 0 Å². The van der Waals surface area contributed by atoms with Crippen molar-refractivity contribution in [1.82, 2.24) is 20.4 Å². The Labute approximate surface area is 131 Å². The van der Waals surface area contributed by atoms with E-state index in [1.807, 2.05) is 55.9 Å². The zero-order valence-electron chi connectivity index (χ0n) is 12.5. The molecule has 2 rings (SSSR count). The molecule has 2 N–H and O–H groups in total. The maximum Gasteiger partial charge on any atom is 0.251 e. The quantitative estimate of drug-likeness (QED) is 0.887. The van der Waals surface area contributed by atoms with Gasteiger partial charge in [-0.1, -0.05) is 0 Å². The minimum Gasteiger partial charge on any atom is -0.350 e. The molecule has 0 aliphatic carbocycles. The van der Waals surface area contributed by atoms with Crippen LogP contribution in [0.4, 0.5) is 0 Å². The Hall–Kier alpha value is -1.85. The molecule has 0 aliphatic heterocycles. The molecule has 21 heavy (non-hydrogen) atoms. The number of nitrogens with one attached hydrogen (secondary N) is 2. The van der Waals surface area contributed by atoms with E-state index in [1.165, 1.54) is 0 Å². The highest BCUT2D eigenvalue weighted by atomic mass is 35.5. The normalized spacial score (nSPS) is 11.6. The van der Waals surface area contributed by atoms with Gasteiger partial charge < -0.3 is 10.6 Å². The van der Waals surface area contributed by atoms with Crippen molar-refractivity contribution in [3.8, 4) is 5.69 Å². The van der Waals surface area contributed by atoms with Gasteiger partial charge in [0.25, 0.3) is 5.91 Å². The summed E-state index contributed by atoms with van der Waals surface area (Å²) >= 11 is 0. The average molecular weight is 309 g/mol. The van der Waals surface area contributed by atoms with E-state index in [0.29, 0.717) is 12.1 Å². The number of hydrogen-bond acceptors (Lipinski definition) is 3. The SMILES string of the molecule is CNC(C)CNC(=O)c1ccc(-n2nccc2C)cc1.Cl.